The fourth-order valence-electron chi connectivity index (χ4n) is 2.88. The molecule has 4 nitrogen and oxygen atoms in total. The minimum absolute atomic E-state index is 0.175. The summed E-state index contributed by atoms with van der Waals surface area (Å²) in [7, 11) is 0. The largest absolute Gasteiger partial charge is 0.481 e. The van der Waals surface area contributed by atoms with Crippen molar-refractivity contribution in [3.05, 3.63) is 30.1 Å². The normalized spacial score (nSPS) is 24.9. The lowest BCUT2D eigenvalue weighted by Crippen LogP contribution is -2.35. The minimum atomic E-state index is -0.636. The predicted octanol–water partition coefficient (Wildman–Crippen LogP) is 2.62. The molecule has 1 fully saturated rings. The maximum Gasteiger partial charge on any atom is 0.306 e. The van der Waals surface area contributed by atoms with Crippen LogP contribution in [0.2, 0.25) is 0 Å². The molecule has 0 aliphatic heterocycles. The van der Waals surface area contributed by atoms with E-state index in [1.54, 1.807) is 12.4 Å². The summed E-state index contributed by atoms with van der Waals surface area (Å²) >= 11 is 0. The lowest BCUT2D eigenvalue weighted by molar-refractivity contribution is -0.144. The maximum atomic E-state index is 11.2. The number of nitrogens with one attached hydrogen (secondary N) is 1. The van der Waals surface area contributed by atoms with Crippen molar-refractivity contribution in [3.63, 3.8) is 0 Å². The Morgan fingerprint density at radius 3 is 2.79 bits per heavy atom. The van der Waals surface area contributed by atoms with E-state index in [1.165, 1.54) is 5.56 Å². The number of nitrogens with zero attached hydrogens (tertiary/aromatic N) is 1. The maximum absolute atomic E-state index is 11.2. The predicted molar refractivity (Wildman–Crippen MR) is 73.7 cm³/mol. The van der Waals surface area contributed by atoms with Gasteiger partial charge in [0, 0.05) is 18.4 Å². The van der Waals surface area contributed by atoms with E-state index in [-0.39, 0.29) is 17.9 Å². The average Bonchev–Trinajstić information content (AvgIpc) is 2.46. The van der Waals surface area contributed by atoms with Crippen LogP contribution in [0.3, 0.4) is 0 Å². The number of hydrogen-bond donors (Lipinski definition) is 2. The highest BCUT2D eigenvalue weighted by molar-refractivity contribution is 5.70. The van der Waals surface area contributed by atoms with E-state index in [9.17, 15) is 9.90 Å². The quantitative estimate of drug-likeness (QED) is 0.856. The van der Waals surface area contributed by atoms with Crippen LogP contribution < -0.4 is 5.32 Å². The molecular weight excluding hydrogens is 240 g/mol. The summed E-state index contributed by atoms with van der Waals surface area (Å²) in [5.74, 6) is -0.551. The number of carboxylic acids is 1. The van der Waals surface area contributed by atoms with Crippen molar-refractivity contribution in [2.45, 2.75) is 38.6 Å². The Morgan fingerprint density at radius 2 is 2.11 bits per heavy atom. The van der Waals surface area contributed by atoms with E-state index >= 15 is 0 Å². The van der Waals surface area contributed by atoms with Gasteiger partial charge in [-0.15, -0.1) is 0 Å². The van der Waals surface area contributed by atoms with Crippen LogP contribution in [0.4, 0.5) is 0 Å². The lowest BCUT2D eigenvalue weighted by Gasteiger charge is -2.29. The first-order valence-corrected chi connectivity index (χ1v) is 7.04. The third-order valence-corrected chi connectivity index (χ3v) is 4.12. The number of carbonyl (C=O) groups is 1. The van der Waals surface area contributed by atoms with Crippen LogP contribution in [-0.2, 0) is 4.79 Å². The van der Waals surface area contributed by atoms with E-state index in [0.717, 1.165) is 32.2 Å². The Balaban J connectivity index is 1.88. The molecule has 104 valence electrons. The molecule has 1 aliphatic rings. The van der Waals surface area contributed by atoms with Gasteiger partial charge in [-0.05, 0) is 49.9 Å². The molecule has 1 aliphatic carbocycles. The molecule has 0 aromatic carbocycles. The SMILES string of the molecule is CC(NCC1CCCCC1C(=O)O)c1ccncc1. The topological polar surface area (TPSA) is 62.2 Å². The van der Waals surface area contributed by atoms with Gasteiger partial charge in [0.2, 0.25) is 0 Å². The number of pyridine rings is 1. The van der Waals surface area contributed by atoms with Gasteiger partial charge in [-0.1, -0.05) is 12.8 Å². The average molecular weight is 262 g/mol. The second-order valence-corrected chi connectivity index (χ2v) is 5.40. The fraction of sp³-hybridized carbons (Fsp3) is 0.600. The summed E-state index contributed by atoms with van der Waals surface area (Å²) in [4.78, 5) is 15.3. The van der Waals surface area contributed by atoms with Crippen LogP contribution >= 0.6 is 0 Å². The summed E-state index contributed by atoms with van der Waals surface area (Å²) < 4.78 is 0. The van der Waals surface area contributed by atoms with Crippen molar-refractivity contribution in [1.29, 1.82) is 0 Å². The Labute approximate surface area is 114 Å². The van der Waals surface area contributed by atoms with Crippen molar-refractivity contribution in [2.75, 3.05) is 6.54 Å². The van der Waals surface area contributed by atoms with E-state index in [2.05, 4.69) is 17.2 Å². The van der Waals surface area contributed by atoms with Crippen molar-refractivity contribution >= 4 is 5.97 Å². The first-order chi connectivity index (χ1) is 9.18. The molecule has 0 amide bonds. The van der Waals surface area contributed by atoms with E-state index in [4.69, 9.17) is 0 Å². The molecule has 4 heteroatoms. The number of carboxylic acid groups (broad SMARTS) is 1. The number of rotatable bonds is 5. The highest BCUT2D eigenvalue weighted by Gasteiger charge is 2.30. The van der Waals surface area contributed by atoms with Gasteiger partial charge in [0.05, 0.1) is 5.92 Å². The highest BCUT2D eigenvalue weighted by Crippen LogP contribution is 2.30. The minimum Gasteiger partial charge on any atom is -0.481 e. The number of aromatic nitrogens is 1. The monoisotopic (exact) mass is 262 g/mol. The molecule has 0 spiro atoms. The zero-order valence-electron chi connectivity index (χ0n) is 11.4. The van der Waals surface area contributed by atoms with Crippen LogP contribution in [0.15, 0.2) is 24.5 Å². The van der Waals surface area contributed by atoms with Crippen molar-refractivity contribution < 1.29 is 9.90 Å². The molecule has 0 saturated heterocycles. The molecule has 2 N–H and O–H groups in total. The Bertz CT molecular complexity index is 408. The van der Waals surface area contributed by atoms with Crippen LogP contribution in [-0.4, -0.2) is 22.6 Å². The molecule has 19 heavy (non-hydrogen) atoms. The lowest BCUT2D eigenvalue weighted by atomic mass is 9.79. The van der Waals surface area contributed by atoms with Crippen LogP contribution in [0.5, 0.6) is 0 Å². The van der Waals surface area contributed by atoms with Gasteiger partial charge in [0.25, 0.3) is 0 Å². The molecule has 0 bridgehead atoms. The summed E-state index contributed by atoms with van der Waals surface area (Å²) in [6.07, 6.45) is 7.62. The molecule has 1 aromatic rings. The van der Waals surface area contributed by atoms with Crippen LogP contribution in [0.25, 0.3) is 0 Å². The van der Waals surface area contributed by atoms with Crippen LogP contribution in [0, 0.1) is 11.8 Å². The Kier molecular flexibility index (Phi) is 4.91. The molecule has 1 aromatic heterocycles. The Morgan fingerprint density at radius 1 is 1.42 bits per heavy atom. The molecule has 1 heterocycles. The smallest absolute Gasteiger partial charge is 0.306 e. The van der Waals surface area contributed by atoms with Crippen molar-refractivity contribution in [3.8, 4) is 0 Å². The third-order valence-electron chi connectivity index (χ3n) is 4.12. The number of hydrogen-bond acceptors (Lipinski definition) is 3. The van der Waals surface area contributed by atoms with Gasteiger partial charge in [0.15, 0.2) is 0 Å². The standard InChI is InChI=1S/C15H22N2O2/c1-11(12-6-8-16-9-7-12)17-10-13-4-2-3-5-14(13)15(18)19/h6-9,11,13-14,17H,2-5,10H2,1H3,(H,18,19). The van der Waals surface area contributed by atoms with Gasteiger partial charge in [-0.25, -0.2) is 0 Å². The van der Waals surface area contributed by atoms with Gasteiger partial charge < -0.3 is 10.4 Å². The van der Waals surface area contributed by atoms with E-state index in [0.29, 0.717) is 0 Å². The molecule has 0 radical (unpaired) electrons. The van der Waals surface area contributed by atoms with Gasteiger partial charge in [0.1, 0.15) is 0 Å². The first-order valence-electron chi connectivity index (χ1n) is 7.04. The van der Waals surface area contributed by atoms with Crippen molar-refractivity contribution in [1.82, 2.24) is 10.3 Å². The Hall–Kier alpha value is -1.42. The second-order valence-electron chi connectivity index (χ2n) is 5.40. The first kappa shape index (κ1) is 14.0. The van der Waals surface area contributed by atoms with Gasteiger partial charge >= 0.3 is 5.97 Å². The summed E-state index contributed by atoms with van der Waals surface area (Å²) in [5.41, 5.74) is 1.19. The van der Waals surface area contributed by atoms with Crippen LogP contribution in [0.1, 0.15) is 44.2 Å². The second kappa shape index (κ2) is 6.66. The molecule has 3 unspecified atom stereocenters. The zero-order chi connectivity index (χ0) is 13.7. The fourth-order valence-corrected chi connectivity index (χ4v) is 2.88. The summed E-state index contributed by atoms with van der Waals surface area (Å²) in [6, 6.07) is 4.22. The molecular formula is C15H22N2O2. The highest BCUT2D eigenvalue weighted by atomic mass is 16.4. The van der Waals surface area contributed by atoms with E-state index < -0.39 is 5.97 Å². The third kappa shape index (κ3) is 3.77. The molecule has 1 saturated carbocycles. The van der Waals surface area contributed by atoms with E-state index in [1.807, 2.05) is 12.1 Å². The molecule has 3 atom stereocenters. The van der Waals surface area contributed by atoms with Gasteiger partial charge in [-0.2, -0.15) is 0 Å². The molecule has 2 rings (SSSR count). The summed E-state index contributed by atoms with van der Waals surface area (Å²) in [5, 5.41) is 12.7. The zero-order valence-corrected chi connectivity index (χ0v) is 11.4. The number of aliphatic carboxylic acids is 1. The summed E-state index contributed by atoms with van der Waals surface area (Å²) in [6.45, 7) is 2.88. The van der Waals surface area contributed by atoms with Crippen molar-refractivity contribution in [2.24, 2.45) is 11.8 Å². The van der Waals surface area contributed by atoms with Gasteiger partial charge in [-0.3, -0.25) is 9.78 Å².